The lowest BCUT2D eigenvalue weighted by molar-refractivity contribution is -0.137. The zero-order valence-corrected chi connectivity index (χ0v) is 22.8. The van der Waals surface area contributed by atoms with Gasteiger partial charge in [0, 0.05) is 55.6 Å². The maximum absolute atomic E-state index is 13.2. The number of nitrogens with one attached hydrogen (secondary N) is 2. The molecule has 3 aromatic heterocycles. The Morgan fingerprint density at radius 3 is 2.83 bits per heavy atom. The number of H-pyrrole nitrogens is 1. The maximum Gasteiger partial charge on any atom is 0.389 e. The first-order chi connectivity index (χ1) is 19.3. The van der Waals surface area contributed by atoms with E-state index >= 15 is 0 Å². The highest BCUT2D eigenvalue weighted by Crippen LogP contribution is 2.33. The second kappa shape index (κ2) is 11.1. The fraction of sp³-hybridized carbons (Fsp3) is 0.414. The molecule has 0 radical (unpaired) electrons. The van der Waals surface area contributed by atoms with Crippen LogP contribution in [-0.4, -0.2) is 63.1 Å². The van der Waals surface area contributed by atoms with Crippen LogP contribution in [0.4, 0.5) is 29.3 Å². The summed E-state index contributed by atoms with van der Waals surface area (Å²) in [6.45, 7) is 2.23. The number of carbonyl (C=O) groups is 1. The molecule has 1 aromatic carbocycles. The normalized spacial score (nSPS) is 18.7. The van der Waals surface area contributed by atoms with E-state index in [9.17, 15) is 18.0 Å². The number of aromatic amines is 1. The molecule has 0 spiro atoms. The van der Waals surface area contributed by atoms with E-state index in [2.05, 4.69) is 38.5 Å². The van der Waals surface area contributed by atoms with Crippen LogP contribution >= 0.6 is 11.3 Å². The van der Waals surface area contributed by atoms with E-state index in [1.165, 1.54) is 0 Å². The van der Waals surface area contributed by atoms with Crippen molar-refractivity contribution >= 4 is 55.6 Å². The standard InChI is InChI=1S/C29H31F3N6OS/c30-29(31,32)10-5-19-2-1-12-37(13-7-19)28(39)38-14-8-20(9-15-38)25-17-22-23(6-11-33-27(22)36-25)35-21-3-4-24-26(16-21)40-18-34-24/h3-4,6,8,11,16-19H,1-2,5,7,9-10,12-15H2,(H2,33,35,36)/t19-/m0/s1. The summed E-state index contributed by atoms with van der Waals surface area (Å²) in [4.78, 5) is 29.2. The Hall–Kier alpha value is -3.60. The number of hydrogen-bond acceptors (Lipinski definition) is 5. The van der Waals surface area contributed by atoms with Crippen LogP contribution in [0.2, 0.25) is 0 Å². The van der Waals surface area contributed by atoms with E-state index in [4.69, 9.17) is 0 Å². The second-order valence-electron chi connectivity index (χ2n) is 10.6. The Labute approximate surface area is 234 Å². The number of urea groups is 1. The Morgan fingerprint density at radius 2 is 2.00 bits per heavy atom. The molecule has 0 unspecified atom stereocenters. The number of amides is 2. The number of carbonyl (C=O) groups excluding carboxylic acids is 1. The van der Waals surface area contributed by atoms with Crippen LogP contribution < -0.4 is 5.32 Å². The van der Waals surface area contributed by atoms with E-state index < -0.39 is 12.6 Å². The van der Waals surface area contributed by atoms with Crippen molar-refractivity contribution in [3.63, 3.8) is 0 Å². The first kappa shape index (κ1) is 26.6. The quantitative estimate of drug-likeness (QED) is 0.260. The van der Waals surface area contributed by atoms with Crippen molar-refractivity contribution in [2.24, 2.45) is 5.92 Å². The van der Waals surface area contributed by atoms with Crippen molar-refractivity contribution in [1.82, 2.24) is 24.8 Å². The summed E-state index contributed by atoms with van der Waals surface area (Å²) in [5.41, 5.74) is 7.69. The lowest BCUT2D eigenvalue weighted by Gasteiger charge is -2.32. The predicted octanol–water partition coefficient (Wildman–Crippen LogP) is 7.57. The highest BCUT2D eigenvalue weighted by Gasteiger charge is 2.30. The molecular formula is C29H31F3N6OS. The van der Waals surface area contributed by atoms with E-state index in [1.807, 2.05) is 33.5 Å². The van der Waals surface area contributed by atoms with E-state index in [-0.39, 0.29) is 18.4 Å². The zero-order chi connectivity index (χ0) is 27.7. The number of fused-ring (bicyclic) bond motifs is 2. The van der Waals surface area contributed by atoms with E-state index in [0.717, 1.165) is 56.7 Å². The number of anilines is 2. The van der Waals surface area contributed by atoms with Crippen molar-refractivity contribution in [2.75, 3.05) is 31.5 Å². The van der Waals surface area contributed by atoms with Gasteiger partial charge >= 0.3 is 12.2 Å². The number of pyridine rings is 1. The highest BCUT2D eigenvalue weighted by atomic mass is 32.1. The summed E-state index contributed by atoms with van der Waals surface area (Å²) in [5, 5.41) is 4.50. The van der Waals surface area contributed by atoms with Gasteiger partial charge in [0.25, 0.3) is 0 Å². The van der Waals surface area contributed by atoms with E-state index in [0.29, 0.717) is 39.0 Å². The fourth-order valence-corrected chi connectivity index (χ4v) is 6.41. The van der Waals surface area contributed by atoms with Crippen molar-refractivity contribution in [1.29, 1.82) is 0 Å². The minimum absolute atomic E-state index is 0.0190. The van der Waals surface area contributed by atoms with Gasteiger partial charge in [0.2, 0.25) is 0 Å². The third-order valence-electron chi connectivity index (χ3n) is 7.92. The SMILES string of the molecule is O=C(N1CC=C(c2cc3c(Nc4ccc5ncsc5c4)ccnc3[nH]2)CC1)N1CCC[C@@H](CCC(F)(F)F)CC1. The molecule has 2 N–H and O–H groups in total. The van der Waals surface area contributed by atoms with Crippen LogP contribution in [0.15, 0.2) is 48.1 Å². The first-order valence-electron chi connectivity index (χ1n) is 13.7. The van der Waals surface area contributed by atoms with Crippen molar-refractivity contribution < 1.29 is 18.0 Å². The molecule has 210 valence electrons. The van der Waals surface area contributed by atoms with Gasteiger partial charge in [-0.05, 0) is 73.9 Å². The van der Waals surface area contributed by atoms with E-state index in [1.54, 1.807) is 17.5 Å². The number of aromatic nitrogens is 3. The molecule has 2 amide bonds. The van der Waals surface area contributed by atoms with Crippen LogP contribution in [-0.2, 0) is 0 Å². The van der Waals surface area contributed by atoms with Crippen LogP contribution in [0, 0.1) is 5.92 Å². The Bertz CT molecular complexity index is 1540. The Balaban J connectivity index is 1.10. The molecule has 0 bridgehead atoms. The molecule has 0 aliphatic carbocycles. The van der Waals surface area contributed by atoms with Gasteiger partial charge in [0.05, 0.1) is 21.4 Å². The molecule has 5 heterocycles. The van der Waals surface area contributed by atoms with Crippen molar-refractivity contribution in [3.8, 4) is 0 Å². The summed E-state index contributed by atoms with van der Waals surface area (Å²) in [6, 6.07) is 10.2. The summed E-state index contributed by atoms with van der Waals surface area (Å²) in [5.74, 6) is 0.0258. The van der Waals surface area contributed by atoms with Gasteiger partial charge in [-0.15, -0.1) is 11.3 Å². The number of halogens is 3. The minimum atomic E-state index is -4.12. The molecule has 1 atom stereocenters. The molecule has 6 rings (SSSR count). The molecule has 2 aliphatic rings. The van der Waals surface area contributed by atoms with Crippen LogP contribution in [0.5, 0.6) is 0 Å². The minimum Gasteiger partial charge on any atom is -0.355 e. The molecule has 1 saturated heterocycles. The number of thiazole rings is 1. The van der Waals surface area contributed by atoms with Crippen LogP contribution in [0.25, 0.3) is 26.8 Å². The van der Waals surface area contributed by atoms with Gasteiger partial charge in [0.1, 0.15) is 5.65 Å². The van der Waals surface area contributed by atoms with Gasteiger partial charge < -0.3 is 20.1 Å². The summed E-state index contributed by atoms with van der Waals surface area (Å²) < 4.78 is 39.0. The molecule has 7 nitrogen and oxygen atoms in total. The number of rotatable bonds is 5. The Kier molecular flexibility index (Phi) is 7.39. The zero-order valence-electron chi connectivity index (χ0n) is 22.0. The number of nitrogens with zero attached hydrogens (tertiary/aromatic N) is 4. The monoisotopic (exact) mass is 568 g/mol. The molecule has 0 saturated carbocycles. The van der Waals surface area contributed by atoms with Gasteiger partial charge in [0.15, 0.2) is 0 Å². The maximum atomic E-state index is 13.2. The Morgan fingerprint density at radius 1 is 1.10 bits per heavy atom. The van der Waals surface area contributed by atoms with Gasteiger partial charge in [-0.25, -0.2) is 14.8 Å². The summed E-state index contributed by atoms with van der Waals surface area (Å²) in [6.07, 6.45) is 2.00. The number of benzene rings is 1. The molecule has 40 heavy (non-hydrogen) atoms. The lowest BCUT2D eigenvalue weighted by Crippen LogP contribution is -2.45. The topological polar surface area (TPSA) is 77.1 Å². The second-order valence-corrected chi connectivity index (χ2v) is 11.5. The number of alkyl halides is 3. The summed E-state index contributed by atoms with van der Waals surface area (Å²) >= 11 is 1.61. The smallest absolute Gasteiger partial charge is 0.355 e. The average molecular weight is 569 g/mol. The lowest BCUT2D eigenvalue weighted by atomic mass is 9.95. The number of likely N-dealkylation sites (tertiary alicyclic amines) is 1. The molecule has 11 heteroatoms. The van der Waals surface area contributed by atoms with Crippen LogP contribution in [0.3, 0.4) is 0 Å². The van der Waals surface area contributed by atoms with Crippen LogP contribution in [0.1, 0.15) is 44.2 Å². The van der Waals surface area contributed by atoms with Gasteiger partial charge in [-0.3, -0.25) is 0 Å². The largest absolute Gasteiger partial charge is 0.389 e. The summed E-state index contributed by atoms with van der Waals surface area (Å²) in [7, 11) is 0. The first-order valence-corrected chi connectivity index (χ1v) is 14.6. The van der Waals surface area contributed by atoms with Gasteiger partial charge in [-0.1, -0.05) is 6.08 Å². The average Bonchev–Trinajstić information content (AvgIpc) is 3.53. The molecule has 2 aliphatic heterocycles. The molecular weight excluding hydrogens is 537 g/mol. The molecule has 1 fully saturated rings. The van der Waals surface area contributed by atoms with Crippen molar-refractivity contribution in [2.45, 2.75) is 44.7 Å². The van der Waals surface area contributed by atoms with Gasteiger partial charge in [-0.2, -0.15) is 13.2 Å². The third-order valence-corrected chi connectivity index (χ3v) is 8.71. The predicted molar refractivity (Wildman–Crippen MR) is 153 cm³/mol. The van der Waals surface area contributed by atoms with Crippen molar-refractivity contribution in [3.05, 3.63) is 53.8 Å². The third kappa shape index (κ3) is 5.94. The fourth-order valence-electron chi connectivity index (χ4n) is 5.70. The highest BCUT2D eigenvalue weighted by molar-refractivity contribution is 7.16. The number of hydrogen-bond donors (Lipinski definition) is 2. The molecule has 4 aromatic rings.